The molecule has 0 heterocycles. The molecule has 0 rings (SSSR count). The molecule has 0 radical (unpaired) electrons. The number of carboxylic acids is 1. The zero-order valence-electron chi connectivity index (χ0n) is 8.22. The molecule has 0 unspecified atom stereocenters. The fraction of sp³-hybridized carbons (Fsp3) is 0.625. The Kier molecular flexibility index (Phi) is 8.83. The van der Waals surface area contributed by atoms with E-state index in [1.165, 1.54) is 0 Å². The molecule has 5 nitrogen and oxygen atoms in total. The number of hydrazine groups is 1. The maximum absolute atomic E-state index is 10.3. The van der Waals surface area contributed by atoms with E-state index in [0.717, 1.165) is 11.4 Å². The van der Waals surface area contributed by atoms with Crippen molar-refractivity contribution in [2.45, 2.75) is 12.8 Å². The standard InChI is InChI=1S/C8H15Br2N3O2/c9-4-6(7(5-10)13-11)12-3-1-2-8(14)15/h12-13H,1-5,11H2,(H,14,15)/b7-6-. The van der Waals surface area contributed by atoms with E-state index < -0.39 is 5.97 Å². The van der Waals surface area contributed by atoms with Gasteiger partial charge in [-0.25, -0.2) is 0 Å². The van der Waals surface area contributed by atoms with Crippen molar-refractivity contribution in [2.75, 3.05) is 17.2 Å². The highest BCUT2D eigenvalue weighted by Gasteiger charge is 2.03. The van der Waals surface area contributed by atoms with Crippen molar-refractivity contribution in [3.8, 4) is 0 Å². The van der Waals surface area contributed by atoms with Crippen LogP contribution in [0.4, 0.5) is 0 Å². The number of allylic oxidation sites excluding steroid dienone is 2. The largest absolute Gasteiger partial charge is 0.481 e. The van der Waals surface area contributed by atoms with Crippen molar-refractivity contribution in [3.05, 3.63) is 11.4 Å². The smallest absolute Gasteiger partial charge is 0.303 e. The summed E-state index contributed by atoms with van der Waals surface area (Å²) in [5.74, 6) is 4.54. The lowest BCUT2D eigenvalue weighted by Gasteiger charge is -2.13. The molecule has 0 aliphatic carbocycles. The number of nitrogens with one attached hydrogen (secondary N) is 2. The summed E-state index contributed by atoms with van der Waals surface area (Å²) in [5, 5.41) is 12.8. The zero-order chi connectivity index (χ0) is 11.7. The first kappa shape index (κ1) is 14.7. The average molecular weight is 345 g/mol. The van der Waals surface area contributed by atoms with Crippen LogP contribution in [0.15, 0.2) is 11.4 Å². The van der Waals surface area contributed by atoms with E-state index in [1.54, 1.807) is 0 Å². The molecule has 0 fully saturated rings. The van der Waals surface area contributed by atoms with Crippen LogP contribution in [-0.4, -0.2) is 28.3 Å². The molecule has 0 spiro atoms. The van der Waals surface area contributed by atoms with E-state index in [9.17, 15) is 4.79 Å². The highest BCUT2D eigenvalue weighted by molar-refractivity contribution is 9.09. The van der Waals surface area contributed by atoms with Gasteiger partial charge in [0, 0.05) is 29.3 Å². The van der Waals surface area contributed by atoms with Crippen molar-refractivity contribution in [2.24, 2.45) is 5.84 Å². The van der Waals surface area contributed by atoms with E-state index in [1.807, 2.05) is 0 Å². The number of alkyl halides is 2. The summed E-state index contributed by atoms with van der Waals surface area (Å²) in [6.07, 6.45) is 0.758. The topological polar surface area (TPSA) is 87.4 Å². The van der Waals surface area contributed by atoms with Crippen molar-refractivity contribution in [1.82, 2.24) is 10.7 Å². The highest BCUT2D eigenvalue weighted by atomic mass is 79.9. The van der Waals surface area contributed by atoms with Gasteiger partial charge in [0.15, 0.2) is 0 Å². The molecular weight excluding hydrogens is 330 g/mol. The lowest BCUT2D eigenvalue weighted by Crippen LogP contribution is -2.29. The summed E-state index contributed by atoms with van der Waals surface area (Å²) in [5.41, 5.74) is 4.36. The summed E-state index contributed by atoms with van der Waals surface area (Å²) in [6, 6.07) is 0. The number of hydrogen-bond acceptors (Lipinski definition) is 4. The first-order valence-electron chi connectivity index (χ1n) is 4.42. The van der Waals surface area contributed by atoms with Gasteiger partial charge in [0.2, 0.25) is 0 Å². The van der Waals surface area contributed by atoms with Crippen LogP contribution in [-0.2, 0) is 4.79 Å². The van der Waals surface area contributed by atoms with Crippen LogP contribution in [0, 0.1) is 0 Å². The van der Waals surface area contributed by atoms with Gasteiger partial charge in [0.05, 0.1) is 5.70 Å². The summed E-state index contributed by atoms with van der Waals surface area (Å²) >= 11 is 6.62. The molecule has 0 aliphatic rings. The van der Waals surface area contributed by atoms with Crippen molar-refractivity contribution >= 4 is 37.8 Å². The molecule has 0 bridgehead atoms. The number of halogens is 2. The molecule has 5 N–H and O–H groups in total. The third-order valence-corrected chi connectivity index (χ3v) is 2.83. The molecule has 88 valence electrons. The molecular formula is C8H15Br2N3O2. The van der Waals surface area contributed by atoms with Gasteiger partial charge in [-0.1, -0.05) is 31.9 Å². The van der Waals surface area contributed by atoms with Gasteiger partial charge in [0.25, 0.3) is 0 Å². The van der Waals surface area contributed by atoms with E-state index >= 15 is 0 Å². The van der Waals surface area contributed by atoms with Crippen LogP contribution in [0.2, 0.25) is 0 Å². The monoisotopic (exact) mass is 343 g/mol. The fourth-order valence-corrected chi connectivity index (χ4v) is 1.96. The summed E-state index contributed by atoms with van der Waals surface area (Å²) in [4.78, 5) is 10.3. The lowest BCUT2D eigenvalue weighted by atomic mass is 10.3. The molecule has 0 saturated heterocycles. The van der Waals surface area contributed by atoms with E-state index in [-0.39, 0.29) is 6.42 Å². The zero-order valence-corrected chi connectivity index (χ0v) is 11.4. The molecule has 0 aliphatic heterocycles. The highest BCUT2D eigenvalue weighted by Crippen LogP contribution is 2.04. The SMILES string of the molecule is NN/C(CBr)=C(/CBr)NCCCC(=O)O. The van der Waals surface area contributed by atoms with Crippen molar-refractivity contribution in [1.29, 1.82) is 0 Å². The Bertz CT molecular complexity index is 228. The van der Waals surface area contributed by atoms with Gasteiger partial charge in [0.1, 0.15) is 0 Å². The number of nitrogens with two attached hydrogens (primary N) is 1. The second-order valence-corrected chi connectivity index (χ2v) is 3.91. The molecule has 0 aromatic heterocycles. The van der Waals surface area contributed by atoms with Gasteiger partial charge >= 0.3 is 5.97 Å². The van der Waals surface area contributed by atoms with Gasteiger partial charge in [-0.3, -0.25) is 10.6 Å². The normalized spacial score (nSPS) is 11.9. The maximum atomic E-state index is 10.3. The van der Waals surface area contributed by atoms with Crippen LogP contribution in [0.5, 0.6) is 0 Å². The molecule has 0 amide bonds. The van der Waals surface area contributed by atoms with Crippen LogP contribution in [0.3, 0.4) is 0 Å². The predicted molar refractivity (Wildman–Crippen MR) is 66.8 cm³/mol. The average Bonchev–Trinajstić information content (AvgIpc) is 2.22. The fourth-order valence-electron chi connectivity index (χ4n) is 0.920. The molecule has 15 heavy (non-hydrogen) atoms. The predicted octanol–water partition coefficient (Wildman–Crippen LogP) is 0.905. The summed E-state index contributed by atoms with van der Waals surface area (Å²) < 4.78 is 0. The first-order chi connectivity index (χ1) is 7.15. The molecule has 0 saturated carbocycles. The van der Waals surface area contributed by atoms with Gasteiger partial charge < -0.3 is 15.8 Å². The van der Waals surface area contributed by atoms with E-state index in [2.05, 4.69) is 42.6 Å². The van der Waals surface area contributed by atoms with E-state index in [4.69, 9.17) is 10.9 Å². The van der Waals surface area contributed by atoms with E-state index in [0.29, 0.717) is 23.6 Å². The first-order valence-corrected chi connectivity index (χ1v) is 6.66. The van der Waals surface area contributed by atoms with Gasteiger partial charge in [-0.05, 0) is 6.42 Å². The minimum atomic E-state index is -0.779. The van der Waals surface area contributed by atoms with Gasteiger partial charge in [-0.15, -0.1) is 0 Å². The third kappa shape index (κ3) is 6.75. The van der Waals surface area contributed by atoms with Crippen LogP contribution in [0.25, 0.3) is 0 Å². The second-order valence-electron chi connectivity index (χ2n) is 2.79. The molecule has 0 aromatic carbocycles. The number of carboxylic acid groups (broad SMARTS) is 1. The Morgan fingerprint density at radius 3 is 2.27 bits per heavy atom. The molecule has 0 aromatic rings. The van der Waals surface area contributed by atoms with Crippen LogP contribution in [0.1, 0.15) is 12.8 Å². The van der Waals surface area contributed by atoms with Crippen molar-refractivity contribution in [3.63, 3.8) is 0 Å². The Balaban J connectivity index is 3.99. The molecule has 0 atom stereocenters. The number of carbonyl (C=O) groups is 1. The summed E-state index contributed by atoms with van der Waals surface area (Å²) in [6.45, 7) is 0.616. The lowest BCUT2D eigenvalue weighted by molar-refractivity contribution is -0.137. The number of hydrogen-bond donors (Lipinski definition) is 4. The minimum Gasteiger partial charge on any atom is -0.481 e. The second kappa shape index (κ2) is 8.99. The Labute approximate surface area is 106 Å². The van der Waals surface area contributed by atoms with Crippen LogP contribution >= 0.6 is 31.9 Å². The van der Waals surface area contributed by atoms with Crippen molar-refractivity contribution < 1.29 is 9.90 Å². The Hall–Kier alpha value is -0.270. The number of rotatable bonds is 8. The molecule has 7 heteroatoms. The Morgan fingerprint density at radius 2 is 1.87 bits per heavy atom. The maximum Gasteiger partial charge on any atom is 0.303 e. The Morgan fingerprint density at radius 1 is 1.27 bits per heavy atom. The summed E-state index contributed by atoms with van der Waals surface area (Å²) in [7, 11) is 0. The quantitative estimate of drug-likeness (QED) is 0.227. The third-order valence-electron chi connectivity index (χ3n) is 1.71. The number of aliphatic carboxylic acids is 1. The van der Waals surface area contributed by atoms with Gasteiger partial charge in [-0.2, -0.15) is 0 Å². The van der Waals surface area contributed by atoms with Crippen LogP contribution < -0.4 is 16.6 Å². The minimum absolute atomic E-state index is 0.169.